The summed E-state index contributed by atoms with van der Waals surface area (Å²) in [7, 11) is -2.72. The lowest BCUT2D eigenvalue weighted by Gasteiger charge is -2.04. The molecule has 0 unspecified atom stereocenters. The van der Waals surface area contributed by atoms with Gasteiger partial charge in [-0.25, -0.2) is 17.5 Å². The highest BCUT2D eigenvalue weighted by Crippen LogP contribution is 2.21. The first-order valence-corrected chi connectivity index (χ1v) is 5.28. The van der Waals surface area contributed by atoms with Crippen molar-refractivity contribution < 1.29 is 12.8 Å². The molecule has 1 aromatic carbocycles. The number of hydrogen-bond donors (Lipinski definition) is 1. The molecule has 0 heterocycles. The molecule has 0 spiro atoms. The van der Waals surface area contributed by atoms with Crippen LogP contribution >= 0.6 is 0 Å². The molecule has 1 rings (SSSR count). The molecule has 6 nitrogen and oxygen atoms in total. The van der Waals surface area contributed by atoms with E-state index in [9.17, 15) is 12.8 Å². The second kappa shape index (κ2) is 4.26. The van der Waals surface area contributed by atoms with E-state index in [0.717, 1.165) is 19.2 Å². The van der Waals surface area contributed by atoms with E-state index < -0.39 is 20.7 Å². The fourth-order valence-electron chi connectivity index (χ4n) is 0.922. The van der Waals surface area contributed by atoms with Gasteiger partial charge in [-0.05, 0) is 30.8 Å². The number of azide groups is 1. The first-order valence-electron chi connectivity index (χ1n) is 3.79. The molecule has 0 aliphatic carbocycles. The first kappa shape index (κ1) is 11.4. The van der Waals surface area contributed by atoms with Gasteiger partial charge in [-0.3, -0.25) is 0 Å². The molecule has 0 fully saturated rings. The topological polar surface area (TPSA) is 94.9 Å². The van der Waals surface area contributed by atoms with Crippen LogP contribution in [0.2, 0.25) is 0 Å². The fraction of sp³-hybridized carbons (Fsp3) is 0.143. The van der Waals surface area contributed by atoms with Gasteiger partial charge in [0.15, 0.2) is 0 Å². The minimum atomic E-state index is -3.88. The Hall–Kier alpha value is -1.63. The van der Waals surface area contributed by atoms with E-state index in [1.807, 2.05) is 4.72 Å². The number of nitrogens with one attached hydrogen (secondary N) is 1. The summed E-state index contributed by atoms with van der Waals surface area (Å²) in [5.41, 5.74) is 8.17. The van der Waals surface area contributed by atoms with E-state index in [2.05, 4.69) is 10.0 Å². The molecule has 1 aromatic rings. The van der Waals surface area contributed by atoms with E-state index in [4.69, 9.17) is 5.53 Å². The molecule has 0 aliphatic rings. The Kier molecular flexibility index (Phi) is 3.25. The van der Waals surface area contributed by atoms with Crippen molar-refractivity contribution >= 4 is 15.7 Å². The molecule has 0 aliphatic heterocycles. The number of rotatable bonds is 3. The lowest BCUT2D eigenvalue weighted by atomic mass is 10.3. The van der Waals surface area contributed by atoms with Crippen molar-refractivity contribution in [3.8, 4) is 0 Å². The van der Waals surface area contributed by atoms with Crippen molar-refractivity contribution in [3.63, 3.8) is 0 Å². The van der Waals surface area contributed by atoms with Crippen LogP contribution in [0.15, 0.2) is 28.2 Å². The van der Waals surface area contributed by atoms with Crippen molar-refractivity contribution in [2.24, 2.45) is 5.11 Å². The third-order valence-corrected chi connectivity index (χ3v) is 3.06. The zero-order chi connectivity index (χ0) is 11.5. The summed E-state index contributed by atoms with van der Waals surface area (Å²) in [6.45, 7) is 0. The highest BCUT2D eigenvalue weighted by Gasteiger charge is 2.16. The molecule has 0 atom stereocenters. The van der Waals surface area contributed by atoms with Gasteiger partial charge in [0.1, 0.15) is 10.7 Å². The zero-order valence-electron chi connectivity index (χ0n) is 7.68. The van der Waals surface area contributed by atoms with Crippen molar-refractivity contribution in [1.82, 2.24) is 4.72 Å². The van der Waals surface area contributed by atoms with Crippen molar-refractivity contribution in [3.05, 3.63) is 34.5 Å². The van der Waals surface area contributed by atoms with Crippen LogP contribution in [-0.2, 0) is 10.0 Å². The van der Waals surface area contributed by atoms with Gasteiger partial charge in [-0.2, -0.15) is 0 Å². The Balaban J connectivity index is 3.41. The number of sulfonamides is 1. The quantitative estimate of drug-likeness (QED) is 0.485. The molecule has 0 radical (unpaired) electrons. The summed E-state index contributed by atoms with van der Waals surface area (Å²) in [4.78, 5) is 1.93. The molecule has 0 saturated carbocycles. The summed E-state index contributed by atoms with van der Waals surface area (Å²) in [6.07, 6.45) is 0. The van der Waals surface area contributed by atoms with E-state index in [0.29, 0.717) is 0 Å². The standard InChI is InChI=1S/C7H7FN4O2S/c1-10-15(13,14)7-4-5(11-12-9)2-3-6(7)8/h2-4,10H,1H3. The average Bonchev–Trinajstić information content (AvgIpc) is 2.21. The Morgan fingerprint density at radius 3 is 2.73 bits per heavy atom. The number of hydrogen-bond acceptors (Lipinski definition) is 3. The zero-order valence-corrected chi connectivity index (χ0v) is 8.49. The molecule has 1 N–H and O–H groups in total. The van der Waals surface area contributed by atoms with Crippen molar-refractivity contribution in [1.29, 1.82) is 0 Å². The monoisotopic (exact) mass is 230 g/mol. The fourth-order valence-corrected chi connectivity index (χ4v) is 1.74. The molecule has 0 aromatic heterocycles. The smallest absolute Gasteiger partial charge is 0.214 e. The van der Waals surface area contributed by atoms with Crippen molar-refractivity contribution in [2.75, 3.05) is 7.05 Å². The van der Waals surface area contributed by atoms with Crippen LogP contribution in [0.3, 0.4) is 0 Å². The summed E-state index contributed by atoms with van der Waals surface area (Å²) >= 11 is 0. The molecule has 80 valence electrons. The first-order chi connectivity index (χ1) is 7.01. The predicted molar refractivity (Wildman–Crippen MR) is 51.5 cm³/mol. The predicted octanol–water partition coefficient (Wildman–Crippen LogP) is 1.68. The van der Waals surface area contributed by atoms with Gasteiger partial charge in [-0.15, -0.1) is 0 Å². The summed E-state index contributed by atoms with van der Waals surface area (Å²) in [6, 6.07) is 3.07. The normalized spacial score (nSPS) is 10.8. The van der Waals surface area contributed by atoms with E-state index in [-0.39, 0.29) is 5.69 Å². The van der Waals surface area contributed by atoms with Gasteiger partial charge >= 0.3 is 0 Å². The van der Waals surface area contributed by atoms with Gasteiger partial charge < -0.3 is 0 Å². The number of halogens is 1. The summed E-state index contributed by atoms with van der Waals surface area (Å²) < 4.78 is 37.7. The number of nitrogens with zero attached hydrogens (tertiary/aromatic N) is 3. The van der Waals surface area contributed by atoms with Crippen LogP contribution in [0.25, 0.3) is 10.4 Å². The SMILES string of the molecule is CNS(=O)(=O)c1cc(N=[N+]=[N-])ccc1F. The van der Waals surface area contributed by atoms with Gasteiger partial charge in [0, 0.05) is 10.6 Å². The second-order valence-electron chi connectivity index (χ2n) is 2.51. The number of benzene rings is 1. The minimum Gasteiger partial charge on any atom is -0.214 e. The molecule has 0 bridgehead atoms. The van der Waals surface area contributed by atoms with E-state index in [1.165, 1.54) is 6.07 Å². The highest BCUT2D eigenvalue weighted by molar-refractivity contribution is 7.89. The maximum absolute atomic E-state index is 13.1. The van der Waals surface area contributed by atoms with Crippen LogP contribution in [0.4, 0.5) is 10.1 Å². The third kappa shape index (κ3) is 2.44. The Bertz CT molecular complexity index is 522. The van der Waals surface area contributed by atoms with Crippen LogP contribution in [0.1, 0.15) is 0 Å². The Labute approximate surface area is 85.4 Å². The van der Waals surface area contributed by atoms with Gasteiger partial charge in [-0.1, -0.05) is 5.11 Å². The summed E-state index contributed by atoms with van der Waals surface area (Å²) in [5, 5.41) is 3.18. The third-order valence-electron chi connectivity index (χ3n) is 1.63. The molecule has 8 heteroatoms. The molecular weight excluding hydrogens is 223 g/mol. The van der Waals surface area contributed by atoms with Crippen LogP contribution < -0.4 is 4.72 Å². The minimum absolute atomic E-state index is 0.0349. The second-order valence-corrected chi connectivity index (χ2v) is 4.37. The van der Waals surface area contributed by atoms with Gasteiger partial charge in [0.05, 0.1) is 0 Å². The lowest BCUT2D eigenvalue weighted by molar-refractivity contribution is 0.561. The average molecular weight is 230 g/mol. The van der Waals surface area contributed by atoms with E-state index in [1.54, 1.807) is 0 Å². The maximum atomic E-state index is 13.1. The Morgan fingerprint density at radius 2 is 2.20 bits per heavy atom. The van der Waals surface area contributed by atoms with Gasteiger partial charge in [0.25, 0.3) is 0 Å². The molecule has 15 heavy (non-hydrogen) atoms. The lowest BCUT2D eigenvalue weighted by Crippen LogP contribution is -2.19. The maximum Gasteiger partial charge on any atom is 0.243 e. The largest absolute Gasteiger partial charge is 0.243 e. The molecule has 0 saturated heterocycles. The summed E-state index contributed by atoms with van der Waals surface area (Å²) in [5.74, 6) is -0.902. The Morgan fingerprint density at radius 1 is 1.53 bits per heavy atom. The molecule has 0 amide bonds. The van der Waals surface area contributed by atoms with Crippen molar-refractivity contribution in [2.45, 2.75) is 4.90 Å². The van der Waals surface area contributed by atoms with Crippen LogP contribution in [0, 0.1) is 5.82 Å². The highest BCUT2D eigenvalue weighted by atomic mass is 32.2. The van der Waals surface area contributed by atoms with Crippen LogP contribution in [0.5, 0.6) is 0 Å². The van der Waals surface area contributed by atoms with Crippen LogP contribution in [-0.4, -0.2) is 15.5 Å². The van der Waals surface area contributed by atoms with E-state index >= 15 is 0 Å². The molecular formula is C7H7FN4O2S. The van der Waals surface area contributed by atoms with Gasteiger partial charge in [0.2, 0.25) is 10.0 Å².